The number of hydrogen-bond acceptors (Lipinski definition) is 6. The maximum Gasteiger partial charge on any atom is 0.234 e. The van der Waals surface area contributed by atoms with Crippen LogP contribution in [0.15, 0.2) is 58.9 Å². The number of hydrogen-bond donors (Lipinski definition) is 2. The summed E-state index contributed by atoms with van der Waals surface area (Å²) in [6.07, 6.45) is 0.249. The van der Waals surface area contributed by atoms with Gasteiger partial charge in [0.15, 0.2) is 4.34 Å². The lowest BCUT2D eigenvalue weighted by atomic mass is 10.1. The highest BCUT2D eigenvalue weighted by Crippen LogP contribution is 2.25. The summed E-state index contributed by atoms with van der Waals surface area (Å²) in [6.45, 7) is 0. The molecule has 0 atom stereocenters. The van der Waals surface area contributed by atoms with Crippen molar-refractivity contribution in [2.75, 3.05) is 16.4 Å². The zero-order valence-electron chi connectivity index (χ0n) is 14.0. The summed E-state index contributed by atoms with van der Waals surface area (Å²) >= 11 is 2.38. The third kappa shape index (κ3) is 6.15. The molecule has 2 aromatic carbocycles. The van der Waals surface area contributed by atoms with Crippen molar-refractivity contribution in [3.8, 4) is 0 Å². The van der Waals surface area contributed by atoms with Gasteiger partial charge in [-0.15, -0.1) is 10.2 Å². The van der Waals surface area contributed by atoms with E-state index in [1.165, 1.54) is 41.3 Å². The Hall–Kier alpha value is -2.78. The molecule has 1 heterocycles. The molecule has 0 bridgehead atoms. The van der Waals surface area contributed by atoms with Crippen molar-refractivity contribution in [3.63, 3.8) is 0 Å². The van der Waals surface area contributed by atoms with Crippen LogP contribution in [0.5, 0.6) is 0 Å². The van der Waals surface area contributed by atoms with Gasteiger partial charge < -0.3 is 10.6 Å². The van der Waals surface area contributed by atoms with Gasteiger partial charge in [-0.3, -0.25) is 9.59 Å². The van der Waals surface area contributed by atoms with Crippen molar-refractivity contribution in [1.82, 2.24) is 10.2 Å². The van der Waals surface area contributed by atoms with Crippen LogP contribution in [0.3, 0.4) is 0 Å². The van der Waals surface area contributed by atoms with Crippen molar-refractivity contribution >= 4 is 45.7 Å². The predicted octanol–water partition coefficient (Wildman–Crippen LogP) is 3.59. The average Bonchev–Trinajstić information content (AvgIpc) is 3.08. The number of rotatable bonds is 7. The van der Waals surface area contributed by atoms with E-state index in [0.717, 1.165) is 5.56 Å². The topological polar surface area (TPSA) is 84.0 Å². The molecule has 6 nitrogen and oxygen atoms in total. The Morgan fingerprint density at radius 1 is 1.00 bits per heavy atom. The predicted molar refractivity (Wildman–Crippen MR) is 104 cm³/mol. The van der Waals surface area contributed by atoms with Crippen LogP contribution in [-0.2, 0) is 16.0 Å². The normalized spacial score (nSPS) is 10.4. The minimum atomic E-state index is -0.416. The standard InChI is InChI=1S/C18H15FN4O2S2/c19-13-7-4-8-14(10-13)20-16(25)11-26-18-23-22-17(27-18)21-15(24)9-12-5-2-1-3-6-12/h1-8,10H,9,11H2,(H,20,25)(H,21,22,24). The summed E-state index contributed by atoms with van der Waals surface area (Å²) in [5.74, 6) is -0.781. The van der Waals surface area contributed by atoms with Gasteiger partial charge in [0, 0.05) is 5.69 Å². The Bertz CT molecular complexity index is 934. The summed E-state index contributed by atoms with van der Waals surface area (Å²) in [4.78, 5) is 23.9. The van der Waals surface area contributed by atoms with Crippen molar-refractivity contribution in [2.24, 2.45) is 0 Å². The molecule has 0 saturated heterocycles. The first-order valence-corrected chi connectivity index (χ1v) is 9.74. The summed E-state index contributed by atoms with van der Waals surface area (Å²) in [6, 6.07) is 15.1. The van der Waals surface area contributed by atoms with E-state index in [1.807, 2.05) is 30.3 Å². The van der Waals surface area contributed by atoms with Crippen molar-refractivity contribution in [1.29, 1.82) is 0 Å². The summed E-state index contributed by atoms with van der Waals surface area (Å²) < 4.78 is 13.7. The third-order valence-electron chi connectivity index (χ3n) is 3.30. The molecule has 0 radical (unpaired) electrons. The zero-order valence-corrected chi connectivity index (χ0v) is 15.6. The highest BCUT2D eigenvalue weighted by atomic mass is 32.2. The summed E-state index contributed by atoms with van der Waals surface area (Å²) in [7, 11) is 0. The second-order valence-electron chi connectivity index (χ2n) is 5.43. The number of nitrogens with zero attached hydrogens (tertiary/aromatic N) is 2. The molecule has 3 rings (SSSR count). The molecule has 1 aromatic heterocycles. The van der Waals surface area contributed by atoms with Crippen LogP contribution in [0, 0.1) is 5.82 Å². The number of nitrogens with one attached hydrogen (secondary N) is 2. The monoisotopic (exact) mass is 402 g/mol. The molecule has 0 aliphatic rings. The van der Waals surface area contributed by atoms with Gasteiger partial charge in [-0.1, -0.05) is 59.5 Å². The second kappa shape index (κ2) is 9.24. The number of amides is 2. The fourth-order valence-corrected chi connectivity index (χ4v) is 3.72. The smallest absolute Gasteiger partial charge is 0.234 e. The van der Waals surface area contributed by atoms with Gasteiger partial charge in [0.2, 0.25) is 16.9 Å². The number of carbonyl (C=O) groups excluding carboxylic acids is 2. The molecule has 0 saturated carbocycles. The van der Waals surface area contributed by atoms with Crippen molar-refractivity contribution < 1.29 is 14.0 Å². The minimum Gasteiger partial charge on any atom is -0.325 e. The van der Waals surface area contributed by atoms with E-state index in [2.05, 4.69) is 20.8 Å². The number of halogens is 1. The number of thioether (sulfide) groups is 1. The molecule has 0 aliphatic heterocycles. The van der Waals surface area contributed by atoms with Gasteiger partial charge in [0.05, 0.1) is 12.2 Å². The maximum absolute atomic E-state index is 13.1. The van der Waals surface area contributed by atoms with Gasteiger partial charge in [-0.25, -0.2) is 4.39 Å². The SMILES string of the molecule is O=C(CSc1nnc(NC(=O)Cc2ccccc2)s1)Nc1cccc(F)c1. The van der Waals surface area contributed by atoms with Crippen LogP contribution in [0.1, 0.15) is 5.56 Å². The molecule has 3 aromatic rings. The van der Waals surface area contributed by atoms with E-state index >= 15 is 0 Å². The van der Waals surface area contributed by atoms with Gasteiger partial charge in [0.25, 0.3) is 0 Å². The first kappa shape index (κ1) is 19.0. The van der Waals surface area contributed by atoms with E-state index in [1.54, 1.807) is 6.07 Å². The first-order chi connectivity index (χ1) is 13.1. The molecule has 0 unspecified atom stereocenters. The minimum absolute atomic E-state index is 0.100. The lowest BCUT2D eigenvalue weighted by Gasteiger charge is -2.03. The molecule has 2 amide bonds. The van der Waals surface area contributed by atoms with Crippen LogP contribution in [0.2, 0.25) is 0 Å². The summed E-state index contributed by atoms with van der Waals surface area (Å²) in [5, 5.41) is 13.5. The fraction of sp³-hybridized carbons (Fsp3) is 0.111. The van der Waals surface area contributed by atoms with E-state index in [-0.39, 0.29) is 24.0 Å². The van der Waals surface area contributed by atoms with Crippen LogP contribution in [-0.4, -0.2) is 27.8 Å². The largest absolute Gasteiger partial charge is 0.325 e. The zero-order chi connectivity index (χ0) is 19.1. The molecule has 27 heavy (non-hydrogen) atoms. The quantitative estimate of drug-likeness (QED) is 0.466. The van der Waals surface area contributed by atoms with E-state index in [9.17, 15) is 14.0 Å². The van der Waals surface area contributed by atoms with Gasteiger partial charge in [-0.05, 0) is 23.8 Å². The van der Waals surface area contributed by atoms with Gasteiger partial charge in [0.1, 0.15) is 5.82 Å². The molecular formula is C18H15FN4O2S2. The Labute approximate surface area is 163 Å². The molecule has 0 spiro atoms. The molecule has 2 N–H and O–H groups in total. The second-order valence-corrected chi connectivity index (χ2v) is 7.63. The third-order valence-corrected chi connectivity index (χ3v) is 5.27. The summed E-state index contributed by atoms with van der Waals surface area (Å²) in [5.41, 5.74) is 1.30. The van der Waals surface area contributed by atoms with Crippen LogP contribution >= 0.6 is 23.1 Å². The Kier molecular flexibility index (Phi) is 6.50. The lowest BCUT2D eigenvalue weighted by Crippen LogP contribution is -2.14. The number of anilines is 2. The highest BCUT2D eigenvalue weighted by Gasteiger charge is 2.11. The first-order valence-electron chi connectivity index (χ1n) is 7.94. The van der Waals surface area contributed by atoms with Crippen LogP contribution < -0.4 is 10.6 Å². The van der Waals surface area contributed by atoms with Crippen molar-refractivity contribution in [2.45, 2.75) is 10.8 Å². The van der Waals surface area contributed by atoms with E-state index < -0.39 is 5.82 Å². The number of aromatic nitrogens is 2. The number of carbonyl (C=O) groups is 2. The molecular weight excluding hydrogens is 387 g/mol. The Morgan fingerprint density at radius 3 is 2.59 bits per heavy atom. The number of benzene rings is 2. The van der Waals surface area contributed by atoms with Crippen molar-refractivity contribution in [3.05, 3.63) is 66.0 Å². The fourth-order valence-electron chi connectivity index (χ4n) is 2.15. The maximum atomic E-state index is 13.1. The van der Waals surface area contributed by atoms with Crippen LogP contribution in [0.25, 0.3) is 0 Å². The highest BCUT2D eigenvalue weighted by molar-refractivity contribution is 8.01. The average molecular weight is 402 g/mol. The van der Waals surface area contributed by atoms with Crippen LogP contribution in [0.4, 0.5) is 15.2 Å². The Morgan fingerprint density at radius 2 is 1.81 bits per heavy atom. The van der Waals surface area contributed by atoms with E-state index in [4.69, 9.17) is 0 Å². The molecule has 9 heteroatoms. The molecule has 0 fully saturated rings. The Balaban J connectivity index is 1.46. The van der Waals surface area contributed by atoms with E-state index in [0.29, 0.717) is 15.2 Å². The van der Waals surface area contributed by atoms with Gasteiger partial charge in [-0.2, -0.15) is 0 Å². The lowest BCUT2D eigenvalue weighted by molar-refractivity contribution is -0.115. The molecule has 0 aliphatic carbocycles. The van der Waals surface area contributed by atoms with Gasteiger partial charge >= 0.3 is 0 Å². The molecule has 138 valence electrons.